The molecule has 0 radical (unpaired) electrons. The van der Waals surface area contributed by atoms with Gasteiger partial charge in [0, 0.05) is 23.9 Å². The highest BCUT2D eigenvalue weighted by molar-refractivity contribution is 5.96. The van der Waals surface area contributed by atoms with E-state index in [0.717, 1.165) is 22.3 Å². The first-order valence-electron chi connectivity index (χ1n) is 13.2. The molecule has 0 saturated heterocycles. The molecule has 1 aromatic heterocycles. The van der Waals surface area contributed by atoms with E-state index in [1.165, 1.54) is 24.3 Å². The van der Waals surface area contributed by atoms with Crippen LogP contribution < -0.4 is 16.3 Å². The molecule has 0 saturated carbocycles. The van der Waals surface area contributed by atoms with Crippen molar-refractivity contribution in [2.24, 2.45) is 0 Å². The minimum absolute atomic E-state index is 0.0642. The van der Waals surface area contributed by atoms with E-state index in [1.54, 1.807) is 0 Å². The topological polar surface area (TPSA) is 155 Å². The Hall–Kier alpha value is -5.12. The van der Waals surface area contributed by atoms with Crippen molar-refractivity contribution < 1.29 is 33.8 Å². The smallest absolute Gasteiger partial charge is 0.407 e. The number of aliphatic carboxylic acids is 1. The number of phenolic OH excluding ortho intramolecular Hbond substituents is 1. The number of hydrogen-bond acceptors (Lipinski definition) is 7. The third kappa shape index (κ3) is 6.06. The van der Waals surface area contributed by atoms with Gasteiger partial charge in [-0.1, -0.05) is 48.5 Å². The number of aromatic hydroxyl groups is 1. The maximum absolute atomic E-state index is 12.5. The summed E-state index contributed by atoms with van der Waals surface area (Å²) in [6.07, 6.45) is 0.0990. The van der Waals surface area contributed by atoms with Gasteiger partial charge >= 0.3 is 17.7 Å². The number of carbonyl (C=O) groups is 3. The van der Waals surface area contributed by atoms with Crippen molar-refractivity contribution in [3.8, 4) is 16.9 Å². The summed E-state index contributed by atoms with van der Waals surface area (Å²) in [7, 11) is 0. The zero-order chi connectivity index (χ0) is 28.9. The van der Waals surface area contributed by atoms with Crippen LogP contribution in [-0.2, 0) is 9.53 Å². The minimum atomic E-state index is -1.19. The van der Waals surface area contributed by atoms with Gasteiger partial charge in [0.15, 0.2) is 0 Å². The fraction of sp³-hybridized carbons (Fsp3) is 0.226. The van der Waals surface area contributed by atoms with Crippen LogP contribution in [-0.4, -0.2) is 47.4 Å². The molecular weight excluding hydrogens is 528 g/mol. The zero-order valence-corrected chi connectivity index (χ0v) is 22.0. The molecule has 0 bridgehead atoms. The number of fused-ring (bicyclic) bond motifs is 4. The summed E-state index contributed by atoms with van der Waals surface area (Å²) in [6.45, 7) is 0.255. The first-order valence-corrected chi connectivity index (χ1v) is 13.2. The van der Waals surface area contributed by atoms with Gasteiger partial charge < -0.3 is 30.0 Å². The summed E-state index contributed by atoms with van der Waals surface area (Å²) in [4.78, 5) is 48.9. The number of benzene rings is 3. The van der Waals surface area contributed by atoms with E-state index in [4.69, 9.17) is 9.15 Å². The Labute approximate surface area is 234 Å². The molecule has 3 aromatic carbocycles. The molecule has 4 N–H and O–H groups in total. The molecule has 1 aliphatic carbocycles. The average molecular weight is 557 g/mol. The number of carboxylic acid groups (broad SMARTS) is 1. The first-order chi connectivity index (χ1) is 19.8. The highest BCUT2D eigenvalue weighted by Gasteiger charge is 2.29. The number of carboxylic acids is 1. The largest absolute Gasteiger partial charge is 0.508 e. The van der Waals surface area contributed by atoms with E-state index >= 15 is 0 Å². The number of carbonyl (C=O) groups excluding carboxylic acids is 2. The number of amides is 2. The van der Waals surface area contributed by atoms with Gasteiger partial charge in [0.1, 0.15) is 29.5 Å². The maximum atomic E-state index is 12.5. The SMILES string of the molecule is O=C(N[C@@H](CCCCNC(=O)c1cc2ccc(O)cc2oc1=O)C(=O)O)OCC1c2ccccc2-c2ccccc21. The number of nitrogens with one attached hydrogen (secondary N) is 2. The fourth-order valence-corrected chi connectivity index (χ4v) is 5.07. The first kappa shape index (κ1) is 27.4. The predicted molar refractivity (Wildman–Crippen MR) is 150 cm³/mol. The van der Waals surface area contributed by atoms with Crippen molar-refractivity contribution in [2.75, 3.05) is 13.2 Å². The van der Waals surface area contributed by atoms with E-state index in [0.29, 0.717) is 18.2 Å². The lowest BCUT2D eigenvalue weighted by Crippen LogP contribution is -2.41. The van der Waals surface area contributed by atoms with Crippen molar-refractivity contribution >= 4 is 28.9 Å². The quantitative estimate of drug-likeness (QED) is 0.166. The van der Waals surface area contributed by atoms with E-state index < -0.39 is 29.6 Å². The molecule has 41 heavy (non-hydrogen) atoms. The second-order valence-electron chi connectivity index (χ2n) is 9.78. The number of hydrogen-bond donors (Lipinski definition) is 4. The third-order valence-corrected chi connectivity index (χ3v) is 7.10. The second-order valence-corrected chi connectivity index (χ2v) is 9.78. The molecule has 1 aliphatic rings. The average Bonchev–Trinajstić information content (AvgIpc) is 3.28. The van der Waals surface area contributed by atoms with Crippen LogP contribution in [0.5, 0.6) is 5.75 Å². The van der Waals surface area contributed by atoms with Crippen LogP contribution in [0.15, 0.2) is 82.0 Å². The Morgan fingerprint density at radius 3 is 2.29 bits per heavy atom. The summed E-state index contributed by atoms with van der Waals surface area (Å²) in [5.41, 5.74) is 3.44. The van der Waals surface area contributed by atoms with Crippen LogP contribution in [0.1, 0.15) is 46.7 Å². The fourth-order valence-electron chi connectivity index (χ4n) is 5.07. The summed E-state index contributed by atoms with van der Waals surface area (Å²) in [6, 6.07) is 20.3. The lowest BCUT2D eigenvalue weighted by atomic mass is 9.98. The monoisotopic (exact) mass is 556 g/mol. The van der Waals surface area contributed by atoms with E-state index in [-0.39, 0.29) is 42.4 Å². The summed E-state index contributed by atoms with van der Waals surface area (Å²) < 4.78 is 10.6. The normalized spacial score (nSPS) is 12.8. The van der Waals surface area contributed by atoms with Crippen LogP contribution in [0.4, 0.5) is 4.79 Å². The van der Waals surface area contributed by atoms with Gasteiger partial charge in [-0.2, -0.15) is 0 Å². The van der Waals surface area contributed by atoms with Crippen LogP contribution >= 0.6 is 0 Å². The number of unbranched alkanes of at least 4 members (excludes halogenated alkanes) is 1. The number of rotatable bonds is 10. The molecular formula is C31H28N2O8. The molecule has 0 aliphatic heterocycles. The van der Waals surface area contributed by atoms with Gasteiger partial charge in [0.25, 0.3) is 5.91 Å². The molecule has 4 aromatic rings. The summed E-state index contributed by atoms with van der Waals surface area (Å²) >= 11 is 0. The molecule has 210 valence electrons. The highest BCUT2D eigenvalue weighted by Crippen LogP contribution is 2.44. The standard InChI is InChI=1S/C31H28N2O8/c34-19-13-12-18-15-24(30(38)41-27(18)16-19)28(35)32-14-6-5-11-26(29(36)37)33-31(39)40-17-25-22-9-3-1-7-20(22)21-8-2-4-10-23(21)25/h1-4,7-10,12-13,15-16,25-26,34H,5-6,11,14,17H2,(H,32,35)(H,33,39)(H,36,37)/t26-/m0/s1. The number of alkyl carbamates (subject to hydrolysis) is 1. The van der Waals surface area contributed by atoms with E-state index in [2.05, 4.69) is 10.6 Å². The van der Waals surface area contributed by atoms with Gasteiger partial charge in [-0.15, -0.1) is 0 Å². The molecule has 1 heterocycles. The molecule has 2 amide bonds. The van der Waals surface area contributed by atoms with Gasteiger partial charge in [-0.05, 0) is 59.7 Å². The van der Waals surface area contributed by atoms with Crippen LogP contribution in [0, 0.1) is 0 Å². The minimum Gasteiger partial charge on any atom is -0.508 e. The Balaban J connectivity index is 1.09. The van der Waals surface area contributed by atoms with Gasteiger partial charge in [-0.3, -0.25) is 4.79 Å². The maximum Gasteiger partial charge on any atom is 0.407 e. The van der Waals surface area contributed by atoms with Crippen molar-refractivity contribution in [1.82, 2.24) is 10.6 Å². The molecule has 10 heteroatoms. The number of phenols is 1. The summed E-state index contributed by atoms with van der Waals surface area (Å²) in [5, 5.41) is 24.6. The van der Waals surface area contributed by atoms with Crippen molar-refractivity contribution in [2.45, 2.75) is 31.2 Å². The van der Waals surface area contributed by atoms with Gasteiger partial charge in [-0.25, -0.2) is 14.4 Å². The highest BCUT2D eigenvalue weighted by atomic mass is 16.5. The van der Waals surface area contributed by atoms with Crippen molar-refractivity contribution in [3.63, 3.8) is 0 Å². The lowest BCUT2D eigenvalue weighted by Gasteiger charge is -2.17. The Morgan fingerprint density at radius 1 is 0.927 bits per heavy atom. The lowest BCUT2D eigenvalue weighted by molar-refractivity contribution is -0.139. The second kappa shape index (κ2) is 12.0. The van der Waals surface area contributed by atoms with Gasteiger partial charge in [0.2, 0.25) is 0 Å². The van der Waals surface area contributed by atoms with E-state index in [1.807, 2.05) is 48.5 Å². The third-order valence-electron chi connectivity index (χ3n) is 7.10. The molecule has 1 atom stereocenters. The molecule has 0 spiro atoms. The van der Waals surface area contributed by atoms with Crippen molar-refractivity contribution in [3.05, 3.63) is 99.9 Å². The molecule has 10 nitrogen and oxygen atoms in total. The van der Waals surface area contributed by atoms with Crippen LogP contribution in [0.25, 0.3) is 22.1 Å². The van der Waals surface area contributed by atoms with Gasteiger partial charge in [0.05, 0.1) is 0 Å². The molecule has 0 fully saturated rings. The van der Waals surface area contributed by atoms with E-state index in [9.17, 15) is 29.4 Å². The summed E-state index contributed by atoms with van der Waals surface area (Å²) in [5.74, 6) is -2.02. The van der Waals surface area contributed by atoms with Crippen LogP contribution in [0.2, 0.25) is 0 Å². The molecule has 0 unspecified atom stereocenters. The Bertz CT molecular complexity index is 1630. The predicted octanol–water partition coefficient (Wildman–Crippen LogP) is 4.39. The zero-order valence-electron chi connectivity index (χ0n) is 22.0. The van der Waals surface area contributed by atoms with Crippen molar-refractivity contribution in [1.29, 1.82) is 0 Å². The number of ether oxygens (including phenoxy) is 1. The molecule has 5 rings (SSSR count). The Morgan fingerprint density at radius 2 is 1.61 bits per heavy atom. The Kier molecular flexibility index (Phi) is 8.00. The van der Waals surface area contributed by atoms with Crippen LogP contribution in [0.3, 0.4) is 0 Å².